The molecule has 20 heavy (non-hydrogen) atoms. The number of nitrogens with one attached hydrogen (secondary N) is 1. The van der Waals surface area contributed by atoms with Crippen molar-refractivity contribution in [3.05, 3.63) is 20.9 Å². The van der Waals surface area contributed by atoms with Gasteiger partial charge in [-0.1, -0.05) is 20.8 Å². The summed E-state index contributed by atoms with van der Waals surface area (Å²) in [6.07, 6.45) is -3.06. The van der Waals surface area contributed by atoms with Gasteiger partial charge < -0.3 is 5.32 Å². The molecule has 0 spiro atoms. The summed E-state index contributed by atoms with van der Waals surface area (Å²) in [5.41, 5.74) is 1.86. The van der Waals surface area contributed by atoms with E-state index in [0.29, 0.717) is 10.8 Å². The van der Waals surface area contributed by atoms with E-state index in [-0.39, 0.29) is 11.8 Å². The van der Waals surface area contributed by atoms with Crippen molar-refractivity contribution in [2.45, 2.75) is 57.0 Å². The predicted molar refractivity (Wildman–Crippen MR) is 75.7 cm³/mol. The van der Waals surface area contributed by atoms with E-state index in [9.17, 15) is 13.2 Å². The van der Waals surface area contributed by atoms with E-state index in [4.69, 9.17) is 0 Å². The van der Waals surface area contributed by atoms with Crippen molar-refractivity contribution in [3.63, 3.8) is 0 Å². The fourth-order valence-electron chi connectivity index (χ4n) is 3.75. The fourth-order valence-corrected chi connectivity index (χ4v) is 5.48. The number of alkyl halides is 3. The normalized spacial score (nSPS) is 28.9. The Morgan fingerprint density at radius 1 is 1.30 bits per heavy atom. The molecule has 112 valence electrons. The molecule has 1 aliphatic carbocycles. The summed E-state index contributed by atoms with van der Waals surface area (Å²) in [6.45, 7) is 7.79. The SMILES string of the molecule is CC1CNCCc2sc3c(c21)C(C)(C)CC3C(F)(F)F. The topological polar surface area (TPSA) is 12.0 Å². The number of halogens is 3. The monoisotopic (exact) mass is 303 g/mol. The average molecular weight is 303 g/mol. The highest BCUT2D eigenvalue weighted by atomic mass is 32.1. The molecule has 0 radical (unpaired) electrons. The van der Waals surface area contributed by atoms with Gasteiger partial charge in [0.15, 0.2) is 0 Å². The van der Waals surface area contributed by atoms with Crippen LogP contribution in [0.4, 0.5) is 13.2 Å². The van der Waals surface area contributed by atoms with Crippen molar-refractivity contribution in [1.82, 2.24) is 5.32 Å². The van der Waals surface area contributed by atoms with Crippen LogP contribution in [0.5, 0.6) is 0 Å². The fraction of sp³-hybridized carbons (Fsp3) is 0.733. The molecule has 2 heterocycles. The molecule has 1 nitrogen and oxygen atoms in total. The van der Waals surface area contributed by atoms with Crippen LogP contribution in [0.15, 0.2) is 0 Å². The molecule has 0 amide bonds. The first kappa shape index (κ1) is 14.4. The molecule has 3 rings (SSSR count). The molecule has 5 heteroatoms. The zero-order chi connectivity index (χ0) is 14.7. The van der Waals surface area contributed by atoms with Crippen molar-refractivity contribution in [2.75, 3.05) is 13.1 Å². The molecular weight excluding hydrogens is 283 g/mol. The maximum absolute atomic E-state index is 13.3. The molecule has 2 unspecified atom stereocenters. The van der Waals surface area contributed by atoms with Crippen molar-refractivity contribution in [2.24, 2.45) is 0 Å². The predicted octanol–water partition coefficient (Wildman–Crippen LogP) is 4.32. The smallest absolute Gasteiger partial charge is 0.316 e. The second-order valence-corrected chi connectivity index (χ2v) is 7.85. The van der Waals surface area contributed by atoms with E-state index in [1.807, 2.05) is 13.8 Å². The van der Waals surface area contributed by atoms with Crippen LogP contribution in [0.1, 0.15) is 59.9 Å². The first-order chi connectivity index (χ1) is 9.22. The lowest BCUT2D eigenvalue weighted by Crippen LogP contribution is -2.22. The summed E-state index contributed by atoms with van der Waals surface area (Å²) in [5, 5.41) is 3.37. The highest BCUT2D eigenvalue weighted by molar-refractivity contribution is 7.12. The summed E-state index contributed by atoms with van der Waals surface area (Å²) in [4.78, 5) is 1.77. The van der Waals surface area contributed by atoms with Crippen LogP contribution in [-0.2, 0) is 11.8 Å². The van der Waals surface area contributed by atoms with Crippen LogP contribution in [0.3, 0.4) is 0 Å². The molecule has 1 aliphatic heterocycles. The Balaban J connectivity index is 2.17. The second-order valence-electron chi connectivity index (χ2n) is 6.72. The van der Waals surface area contributed by atoms with E-state index in [1.54, 1.807) is 0 Å². The molecule has 1 aromatic heterocycles. The molecule has 2 aliphatic rings. The third-order valence-corrected chi connectivity index (χ3v) is 6.00. The van der Waals surface area contributed by atoms with E-state index in [2.05, 4.69) is 12.2 Å². The van der Waals surface area contributed by atoms with Crippen LogP contribution in [0.25, 0.3) is 0 Å². The van der Waals surface area contributed by atoms with Crippen LogP contribution >= 0.6 is 11.3 Å². The number of hydrogen-bond acceptors (Lipinski definition) is 2. The van der Waals surface area contributed by atoms with E-state index < -0.39 is 12.1 Å². The van der Waals surface area contributed by atoms with Crippen LogP contribution in [0, 0.1) is 0 Å². The summed E-state index contributed by atoms with van der Waals surface area (Å²) in [6, 6.07) is 0. The number of thiophene rings is 1. The molecule has 1 N–H and O–H groups in total. The summed E-state index contributed by atoms with van der Waals surface area (Å²) in [7, 11) is 0. The van der Waals surface area contributed by atoms with Gasteiger partial charge in [-0.15, -0.1) is 11.3 Å². The largest absolute Gasteiger partial charge is 0.396 e. The molecule has 0 saturated heterocycles. The molecular formula is C15H20F3NS. The third-order valence-electron chi connectivity index (χ3n) is 4.62. The molecule has 0 saturated carbocycles. The van der Waals surface area contributed by atoms with Gasteiger partial charge in [-0.2, -0.15) is 13.2 Å². The minimum Gasteiger partial charge on any atom is -0.316 e. The van der Waals surface area contributed by atoms with E-state index in [0.717, 1.165) is 25.1 Å². The van der Waals surface area contributed by atoms with Gasteiger partial charge in [0, 0.05) is 16.3 Å². The van der Waals surface area contributed by atoms with Crippen molar-refractivity contribution < 1.29 is 13.2 Å². The van der Waals surface area contributed by atoms with Gasteiger partial charge in [-0.3, -0.25) is 0 Å². The van der Waals surface area contributed by atoms with Gasteiger partial charge in [0.05, 0.1) is 5.92 Å². The van der Waals surface area contributed by atoms with Crippen molar-refractivity contribution >= 4 is 11.3 Å². The highest BCUT2D eigenvalue weighted by Crippen LogP contribution is 2.58. The highest BCUT2D eigenvalue weighted by Gasteiger charge is 2.53. The second kappa shape index (κ2) is 4.47. The Labute approximate surface area is 121 Å². The zero-order valence-corrected chi connectivity index (χ0v) is 12.8. The van der Waals surface area contributed by atoms with Gasteiger partial charge in [0.2, 0.25) is 0 Å². The van der Waals surface area contributed by atoms with Gasteiger partial charge in [0.1, 0.15) is 0 Å². The number of rotatable bonds is 0. The third kappa shape index (κ3) is 2.10. The molecule has 2 atom stereocenters. The molecule has 0 bridgehead atoms. The lowest BCUT2D eigenvalue weighted by molar-refractivity contribution is -0.151. The number of fused-ring (bicyclic) bond motifs is 3. The van der Waals surface area contributed by atoms with Crippen molar-refractivity contribution in [3.8, 4) is 0 Å². The Morgan fingerprint density at radius 3 is 2.65 bits per heavy atom. The molecule has 1 aromatic rings. The summed E-state index contributed by atoms with van der Waals surface area (Å²) >= 11 is 1.42. The Morgan fingerprint density at radius 2 is 2.00 bits per heavy atom. The minimum absolute atomic E-state index is 0.199. The quantitative estimate of drug-likeness (QED) is 0.752. The van der Waals surface area contributed by atoms with Gasteiger partial charge in [-0.25, -0.2) is 0 Å². The summed E-state index contributed by atoms with van der Waals surface area (Å²) < 4.78 is 40.0. The Kier molecular flexibility index (Phi) is 3.22. The minimum atomic E-state index is -4.12. The average Bonchev–Trinajstić information content (AvgIpc) is 2.74. The Bertz CT molecular complexity index is 530. The first-order valence-electron chi connectivity index (χ1n) is 7.15. The van der Waals surface area contributed by atoms with Gasteiger partial charge in [-0.05, 0) is 41.8 Å². The lowest BCUT2D eigenvalue weighted by atomic mass is 9.81. The molecule has 0 aromatic carbocycles. The standard InChI is InChI=1S/C15H20F3NS/c1-8-7-19-5-4-10-11(8)12-13(20-10)9(15(16,17)18)6-14(12,2)3/h8-9,19H,4-7H2,1-3H3. The van der Waals surface area contributed by atoms with Crippen LogP contribution in [-0.4, -0.2) is 19.3 Å². The number of hydrogen-bond donors (Lipinski definition) is 1. The lowest BCUT2D eigenvalue weighted by Gasteiger charge is -2.24. The van der Waals surface area contributed by atoms with Crippen LogP contribution in [0.2, 0.25) is 0 Å². The zero-order valence-electron chi connectivity index (χ0n) is 12.0. The first-order valence-corrected chi connectivity index (χ1v) is 7.97. The maximum atomic E-state index is 13.3. The van der Waals surface area contributed by atoms with Crippen molar-refractivity contribution in [1.29, 1.82) is 0 Å². The molecule has 0 fully saturated rings. The summed E-state index contributed by atoms with van der Waals surface area (Å²) in [5.74, 6) is -0.955. The maximum Gasteiger partial charge on any atom is 0.396 e. The van der Waals surface area contributed by atoms with Crippen LogP contribution < -0.4 is 5.32 Å². The van der Waals surface area contributed by atoms with Gasteiger partial charge in [0.25, 0.3) is 0 Å². The Hall–Kier alpha value is -0.550. The van der Waals surface area contributed by atoms with Gasteiger partial charge >= 0.3 is 6.18 Å². The van der Waals surface area contributed by atoms with E-state index in [1.165, 1.54) is 21.8 Å². The van der Waals surface area contributed by atoms with E-state index >= 15 is 0 Å².